The van der Waals surface area contributed by atoms with Gasteiger partial charge in [0.2, 0.25) is 0 Å². The van der Waals surface area contributed by atoms with E-state index in [1.807, 2.05) is 25.7 Å². The first-order chi connectivity index (χ1) is 8.29. The smallest absolute Gasteiger partial charge is 0.379 e. The summed E-state index contributed by atoms with van der Waals surface area (Å²) in [5, 5.41) is 3.21. The summed E-state index contributed by atoms with van der Waals surface area (Å²) >= 11 is 0. The molecule has 100 valence electrons. The fourth-order valence-electron chi connectivity index (χ4n) is 2.26. The van der Waals surface area contributed by atoms with Gasteiger partial charge in [0.15, 0.2) is 0 Å². The van der Waals surface area contributed by atoms with Gasteiger partial charge in [0.25, 0.3) is 0 Å². The van der Waals surface area contributed by atoms with E-state index in [2.05, 4.69) is 5.32 Å². The highest BCUT2D eigenvalue weighted by Crippen LogP contribution is 2.38. The van der Waals surface area contributed by atoms with Crippen molar-refractivity contribution in [3.05, 3.63) is 23.8 Å². The molecule has 1 heterocycles. The first-order valence-corrected chi connectivity index (χ1v) is 6.03. The molecule has 0 saturated carbocycles. The number of hydrogen-bond acceptors (Lipinski definition) is 2. The summed E-state index contributed by atoms with van der Waals surface area (Å²) in [5.41, 5.74) is 0.816. The van der Waals surface area contributed by atoms with E-state index >= 15 is 0 Å². The summed E-state index contributed by atoms with van der Waals surface area (Å²) in [7, 11) is 0. The van der Waals surface area contributed by atoms with Crippen molar-refractivity contribution in [2.75, 3.05) is 16.8 Å². The van der Waals surface area contributed by atoms with Crippen molar-refractivity contribution in [1.82, 2.24) is 0 Å². The van der Waals surface area contributed by atoms with Crippen molar-refractivity contribution in [2.24, 2.45) is 0 Å². The normalized spacial score (nSPS) is 19.7. The van der Waals surface area contributed by atoms with Crippen LogP contribution in [0, 0.1) is 0 Å². The number of hydrogen-bond donors (Lipinski definition) is 1. The van der Waals surface area contributed by atoms with Crippen molar-refractivity contribution in [1.29, 1.82) is 0 Å². The molecular formula is C13H17F3N2. The average Bonchev–Trinajstić information content (AvgIpc) is 2.25. The molecule has 0 aromatic heterocycles. The number of halogens is 3. The van der Waals surface area contributed by atoms with Crippen LogP contribution < -0.4 is 10.2 Å². The number of fused-ring (bicyclic) bond motifs is 1. The van der Waals surface area contributed by atoms with Gasteiger partial charge in [0, 0.05) is 18.6 Å². The van der Waals surface area contributed by atoms with Gasteiger partial charge in [-0.15, -0.1) is 0 Å². The molecule has 5 heteroatoms. The van der Waals surface area contributed by atoms with Crippen LogP contribution in [0.5, 0.6) is 0 Å². The lowest BCUT2D eigenvalue weighted by molar-refractivity contribution is -0.137. The molecule has 0 spiro atoms. The second kappa shape index (κ2) is 4.37. The van der Waals surface area contributed by atoms with Crippen molar-refractivity contribution in [3.63, 3.8) is 0 Å². The second-order valence-corrected chi connectivity index (χ2v) is 5.02. The number of rotatable bonds is 1. The lowest BCUT2D eigenvalue weighted by atomic mass is 10.1. The summed E-state index contributed by atoms with van der Waals surface area (Å²) < 4.78 is 38.2. The fourth-order valence-corrected chi connectivity index (χ4v) is 2.26. The Morgan fingerprint density at radius 1 is 1.33 bits per heavy atom. The van der Waals surface area contributed by atoms with Crippen LogP contribution in [0.2, 0.25) is 0 Å². The van der Waals surface area contributed by atoms with E-state index in [0.29, 0.717) is 12.2 Å². The average molecular weight is 258 g/mol. The molecule has 0 bridgehead atoms. The highest BCUT2D eigenvalue weighted by atomic mass is 19.4. The van der Waals surface area contributed by atoms with Crippen LogP contribution >= 0.6 is 0 Å². The quantitative estimate of drug-likeness (QED) is 0.825. The Balaban J connectivity index is 2.46. The molecule has 1 aromatic rings. The zero-order valence-corrected chi connectivity index (χ0v) is 10.7. The summed E-state index contributed by atoms with van der Waals surface area (Å²) in [4.78, 5) is 2.01. The predicted octanol–water partition coefficient (Wildman–Crippen LogP) is 3.73. The molecule has 1 atom stereocenters. The Labute approximate surface area is 105 Å². The van der Waals surface area contributed by atoms with E-state index in [9.17, 15) is 13.2 Å². The molecule has 2 nitrogen and oxygen atoms in total. The van der Waals surface area contributed by atoms with E-state index < -0.39 is 11.7 Å². The monoisotopic (exact) mass is 258 g/mol. The largest absolute Gasteiger partial charge is 0.416 e. The Kier molecular flexibility index (Phi) is 3.17. The number of alkyl halides is 3. The molecular weight excluding hydrogens is 241 g/mol. The van der Waals surface area contributed by atoms with Crippen molar-refractivity contribution in [2.45, 2.75) is 39.0 Å². The Morgan fingerprint density at radius 3 is 2.56 bits per heavy atom. The lowest BCUT2D eigenvalue weighted by Gasteiger charge is -2.39. The van der Waals surface area contributed by atoms with Gasteiger partial charge in [-0.2, -0.15) is 13.2 Å². The van der Waals surface area contributed by atoms with Crippen molar-refractivity contribution >= 4 is 11.4 Å². The third-order valence-corrected chi connectivity index (χ3v) is 3.13. The third kappa shape index (κ3) is 2.40. The minimum atomic E-state index is -4.29. The van der Waals surface area contributed by atoms with Crippen LogP contribution in [-0.2, 0) is 6.18 Å². The molecule has 0 fully saturated rings. The minimum absolute atomic E-state index is 0.178. The van der Waals surface area contributed by atoms with Crippen LogP contribution in [0.4, 0.5) is 24.5 Å². The van der Waals surface area contributed by atoms with Gasteiger partial charge in [-0.1, -0.05) is 0 Å². The van der Waals surface area contributed by atoms with E-state index in [4.69, 9.17) is 0 Å². The summed E-state index contributed by atoms with van der Waals surface area (Å²) in [6, 6.07) is 4.29. The number of benzene rings is 1. The van der Waals surface area contributed by atoms with Crippen LogP contribution in [0.1, 0.15) is 26.3 Å². The van der Waals surface area contributed by atoms with Crippen molar-refractivity contribution < 1.29 is 13.2 Å². The lowest BCUT2D eigenvalue weighted by Crippen LogP contribution is -2.43. The van der Waals surface area contributed by atoms with Gasteiger partial charge in [-0.25, -0.2) is 0 Å². The molecule has 1 N–H and O–H groups in total. The van der Waals surface area contributed by atoms with Crippen LogP contribution in [0.25, 0.3) is 0 Å². The second-order valence-electron chi connectivity index (χ2n) is 5.02. The molecule has 0 aliphatic carbocycles. The highest BCUT2D eigenvalue weighted by molar-refractivity contribution is 5.74. The maximum Gasteiger partial charge on any atom is 0.416 e. The maximum atomic E-state index is 12.7. The van der Waals surface area contributed by atoms with Gasteiger partial charge in [0.1, 0.15) is 0 Å². The van der Waals surface area contributed by atoms with Crippen LogP contribution in [-0.4, -0.2) is 18.6 Å². The molecule has 0 radical (unpaired) electrons. The van der Waals surface area contributed by atoms with Gasteiger partial charge in [0.05, 0.1) is 16.9 Å². The molecule has 0 amide bonds. The Morgan fingerprint density at radius 2 is 2.00 bits per heavy atom. The van der Waals surface area contributed by atoms with Crippen LogP contribution in [0.15, 0.2) is 18.2 Å². The molecule has 0 saturated heterocycles. The summed E-state index contributed by atoms with van der Waals surface area (Å²) in [6.45, 7) is 6.71. The van der Waals surface area contributed by atoms with E-state index in [1.165, 1.54) is 12.1 Å². The molecule has 1 aliphatic rings. The summed E-state index contributed by atoms with van der Waals surface area (Å²) in [5.74, 6) is 0. The van der Waals surface area contributed by atoms with Crippen molar-refractivity contribution in [3.8, 4) is 0 Å². The standard InChI is InChI=1S/C13H17F3N2/c1-8(2)18-7-9(3)17-11-5-4-10(6-12(11)18)13(14,15)16/h4-6,8-9,17H,7H2,1-3H3. The van der Waals surface area contributed by atoms with E-state index in [1.54, 1.807) is 0 Å². The molecule has 1 aliphatic heterocycles. The molecule has 18 heavy (non-hydrogen) atoms. The number of nitrogens with zero attached hydrogens (tertiary/aromatic N) is 1. The van der Waals surface area contributed by atoms with E-state index in [0.717, 1.165) is 11.8 Å². The molecule has 1 aromatic carbocycles. The maximum absolute atomic E-state index is 12.7. The van der Waals surface area contributed by atoms with Gasteiger partial charge in [-0.05, 0) is 39.0 Å². The number of anilines is 2. The molecule has 2 rings (SSSR count). The van der Waals surface area contributed by atoms with E-state index in [-0.39, 0.29) is 12.1 Å². The highest BCUT2D eigenvalue weighted by Gasteiger charge is 2.33. The minimum Gasteiger partial charge on any atom is -0.379 e. The van der Waals surface area contributed by atoms with Gasteiger partial charge in [-0.3, -0.25) is 0 Å². The fraction of sp³-hybridized carbons (Fsp3) is 0.538. The first kappa shape index (κ1) is 13.1. The zero-order chi connectivity index (χ0) is 13.5. The number of nitrogens with one attached hydrogen (secondary N) is 1. The predicted molar refractivity (Wildman–Crippen MR) is 67.0 cm³/mol. The first-order valence-electron chi connectivity index (χ1n) is 6.03. The molecule has 1 unspecified atom stereocenters. The summed E-state index contributed by atoms with van der Waals surface area (Å²) in [6.07, 6.45) is -4.29. The SMILES string of the molecule is CC1CN(C(C)C)c2cc(C(F)(F)F)ccc2N1. The van der Waals surface area contributed by atoms with Gasteiger partial charge >= 0.3 is 6.18 Å². The topological polar surface area (TPSA) is 15.3 Å². The van der Waals surface area contributed by atoms with Crippen LogP contribution in [0.3, 0.4) is 0 Å². The van der Waals surface area contributed by atoms with Gasteiger partial charge < -0.3 is 10.2 Å². The zero-order valence-electron chi connectivity index (χ0n) is 10.7. The third-order valence-electron chi connectivity index (χ3n) is 3.13. The Hall–Kier alpha value is -1.39. The Bertz CT molecular complexity index is 440.